The molecule has 0 spiro atoms. The van der Waals surface area contributed by atoms with Crippen LogP contribution >= 0.6 is 11.6 Å². The Balaban J connectivity index is 2.20. The molecule has 1 aromatic rings. The maximum absolute atomic E-state index is 14.1. The van der Waals surface area contributed by atoms with Gasteiger partial charge in [-0.05, 0) is 16.9 Å². The van der Waals surface area contributed by atoms with Crippen LogP contribution in [0.15, 0.2) is 16.2 Å². The Hall–Kier alpha value is -2.46. The molecular weight excluding hydrogens is 447 g/mol. The lowest BCUT2D eigenvalue weighted by atomic mass is 10.1. The third kappa shape index (κ3) is 4.49. The second-order valence-corrected chi connectivity index (χ2v) is 7.45. The third-order valence-electron chi connectivity index (χ3n) is 4.86. The van der Waals surface area contributed by atoms with Crippen LogP contribution in [0.5, 0.6) is 0 Å². The SMILES string of the molecule is CC1(C)[C@@H](/C=C(\Cl)C(F)(F)F)[C@@H]1C(=O)OCc1c(F)c(F)c(CN=[N+]=[N-])c(F)c1F. The monoisotopic (exact) mass is 459 g/mol. The lowest BCUT2D eigenvalue weighted by molar-refractivity contribution is -0.147. The van der Waals surface area contributed by atoms with Crippen LogP contribution in [0.4, 0.5) is 30.7 Å². The molecule has 13 heteroatoms. The summed E-state index contributed by atoms with van der Waals surface area (Å²) in [5, 5.41) is 1.39. The van der Waals surface area contributed by atoms with E-state index >= 15 is 0 Å². The minimum atomic E-state index is -4.81. The predicted molar refractivity (Wildman–Crippen MR) is 89.7 cm³/mol. The molecule has 1 aromatic carbocycles. The normalized spacial score (nSPS) is 20.5. The molecule has 0 bridgehead atoms. The number of benzene rings is 1. The number of carbonyl (C=O) groups is 1. The van der Waals surface area contributed by atoms with E-state index in [0.717, 1.165) is 0 Å². The van der Waals surface area contributed by atoms with Crippen LogP contribution in [0.1, 0.15) is 25.0 Å². The number of carbonyl (C=O) groups excluding carboxylic acids is 1. The summed E-state index contributed by atoms with van der Waals surface area (Å²) in [6, 6.07) is 0. The van der Waals surface area contributed by atoms with E-state index in [1.54, 1.807) is 0 Å². The molecule has 30 heavy (non-hydrogen) atoms. The summed E-state index contributed by atoms with van der Waals surface area (Å²) in [6.45, 7) is 0.700. The number of rotatable bonds is 6. The van der Waals surface area contributed by atoms with E-state index in [-0.39, 0.29) is 0 Å². The number of allylic oxidation sites excluding steroid dienone is 2. The van der Waals surface area contributed by atoms with Crippen molar-refractivity contribution >= 4 is 17.6 Å². The molecule has 0 aliphatic heterocycles. The highest BCUT2D eigenvalue weighted by Gasteiger charge is 2.62. The summed E-state index contributed by atoms with van der Waals surface area (Å²) >= 11 is 5.16. The highest BCUT2D eigenvalue weighted by molar-refractivity contribution is 6.30. The first-order chi connectivity index (χ1) is 13.7. The quantitative estimate of drug-likeness (QED) is 0.130. The molecule has 0 radical (unpaired) electrons. The standard InChI is InChI=1S/C17H13ClF7N3O2/c1-16(2)8(3-9(18)17(23,24)25)10(16)15(29)30-5-7-13(21)11(19)6(4-27-28-26)12(20)14(7)22/h3,8,10H,4-5H2,1-2H3/b9-3-/t8-,10+/m0/s1. The molecule has 1 saturated carbocycles. The number of nitrogens with zero attached hydrogens (tertiary/aromatic N) is 3. The van der Waals surface area contributed by atoms with Crippen molar-refractivity contribution in [2.24, 2.45) is 22.4 Å². The average Bonchev–Trinajstić information content (AvgIpc) is 3.19. The smallest absolute Gasteiger partial charge is 0.426 e. The van der Waals surface area contributed by atoms with E-state index in [0.29, 0.717) is 6.08 Å². The van der Waals surface area contributed by atoms with Crippen LogP contribution in [0.2, 0.25) is 0 Å². The van der Waals surface area contributed by atoms with Crippen molar-refractivity contribution in [3.8, 4) is 0 Å². The first-order valence-corrected chi connectivity index (χ1v) is 8.58. The molecule has 1 aliphatic carbocycles. The van der Waals surface area contributed by atoms with E-state index in [9.17, 15) is 35.5 Å². The van der Waals surface area contributed by atoms with Gasteiger partial charge in [0.25, 0.3) is 0 Å². The third-order valence-corrected chi connectivity index (χ3v) is 5.20. The zero-order valence-corrected chi connectivity index (χ0v) is 16.1. The number of esters is 1. The van der Waals surface area contributed by atoms with Gasteiger partial charge in [-0.1, -0.05) is 36.6 Å². The van der Waals surface area contributed by atoms with Gasteiger partial charge in [-0.3, -0.25) is 4.79 Å². The van der Waals surface area contributed by atoms with Gasteiger partial charge in [0, 0.05) is 10.5 Å². The predicted octanol–water partition coefficient (Wildman–Crippen LogP) is 6.05. The van der Waals surface area contributed by atoms with Crippen molar-refractivity contribution in [3.05, 3.63) is 55.9 Å². The zero-order valence-electron chi connectivity index (χ0n) is 15.3. The fourth-order valence-electron chi connectivity index (χ4n) is 3.01. The topological polar surface area (TPSA) is 75.1 Å². The van der Waals surface area contributed by atoms with Crippen molar-refractivity contribution in [1.82, 2.24) is 0 Å². The Kier molecular flexibility index (Phi) is 6.63. The van der Waals surface area contributed by atoms with Crippen LogP contribution in [0.3, 0.4) is 0 Å². The van der Waals surface area contributed by atoms with Crippen LogP contribution in [0.25, 0.3) is 10.4 Å². The number of hydrogen-bond donors (Lipinski definition) is 0. The number of hydrogen-bond acceptors (Lipinski definition) is 3. The Morgan fingerprint density at radius 1 is 1.17 bits per heavy atom. The maximum atomic E-state index is 14.1. The Labute approximate surface area is 170 Å². The summed E-state index contributed by atoms with van der Waals surface area (Å²) in [5.74, 6) is -10.5. The largest absolute Gasteiger partial charge is 0.460 e. The van der Waals surface area contributed by atoms with E-state index in [4.69, 9.17) is 17.1 Å². The fourth-order valence-corrected chi connectivity index (χ4v) is 3.15. The molecule has 0 N–H and O–H groups in total. The van der Waals surface area contributed by atoms with Gasteiger partial charge >= 0.3 is 12.1 Å². The molecule has 0 aromatic heterocycles. The van der Waals surface area contributed by atoms with E-state index in [2.05, 4.69) is 14.8 Å². The van der Waals surface area contributed by atoms with Crippen LogP contribution in [0, 0.1) is 40.5 Å². The summed E-state index contributed by atoms with van der Waals surface area (Å²) < 4.78 is 98.4. The van der Waals surface area contributed by atoms with Gasteiger partial charge < -0.3 is 4.74 Å². The second-order valence-electron chi connectivity index (χ2n) is 7.05. The van der Waals surface area contributed by atoms with Crippen molar-refractivity contribution in [2.45, 2.75) is 33.2 Å². The van der Waals surface area contributed by atoms with Gasteiger partial charge in [0.05, 0.1) is 18.0 Å². The van der Waals surface area contributed by atoms with E-state index < -0.39 is 82.0 Å². The van der Waals surface area contributed by atoms with Gasteiger partial charge in [-0.25, -0.2) is 17.6 Å². The van der Waals surface area contributed by atoms with E-state index in [1.165, 1.54) is 13.8 Å². The van der Waals surface area contributed by atoms with Crippen molar-refractivity contribution in [3.63, 3.8) is 0 Å². The second kappa shape index (κ2) is 8.35. The molecule has 0 unspecified atom stereocenters. The molecule has 1 fully saturated rings. The number of halogens is 8. The lowest BCUT2D eigenvalue weighted by Crippen LogP contribution is -2.14. The number of alkyl halides is 3. The first-order valence-electron chi connectivity index (χ1n) is 8.20. The van der Waals surface area contributed by atoms with E-state index in [1.807, 2.05) is 0 Å². The summed E-state index contributed by atoms with van der Waals surface area (Å²) in [7, 11) is 0. The fraction of sp³-hybridized carbons (Fsp3) is 0.471. The molecule has 0 saturated heterocycles. The van der Waals surface area contributed by atoms with Crippen molar-refractivity contribution < 1.29 is 40.3 Å². The van der Waals surface area contributed by atoms with Gasteiger partial charge in [0.15, 0.2) is 23.3 Å². The zero-order chi connectivity index (χ0) is 23.0. The van der Waals surface area contributed by atoms with Gasteiger partial charge in [-0.2, -0.15) is 13.2 Å². The number of azide groups is 1. The first kappa shape index (κ1) is 23.8. The molecule has 2 rings (SSSR count). The van der Waals surface area contributed by atoms with Gasteiger partial charge in [0.2, 0.25) is 0 Å². The van der Waals surface area contributed by atoms with Crippen LogP contribution in [-0.4, -0.2) is 12.1 Å². The molecule has 1 aliphatic rings. The molecule has 0 heterocycles. The molecular formula is C17H13ClF7N3O2. The molecule has 5 nitrogen and oxygen atoms in total. The summed E-state index contributed by atoms with van der Waals surface area (Å²) in [6.07, 6.45) is -4.17. The maximum Gasteiger partial charge on any atom is 0.426 e. The Bertz CT molecular complexity index is 927. The minimum Gasteiger partial charge on any atom is -0.460 e. The van der Waals surface area contributed by atoms with Crippen LogP contribution < -0.4 is 0 Å². The van der Waals surface area contributed by atoms with Gasteiger partial charge in [0.1, 0.15) is 11.6 Å². The van der Waals surface area contributed by atoms with Crippen LogP contribution in [-0.2, 0) is 22.7 Å². The lowest BCUT2D eigenvalue weighted by Gasteiger charge is -2.11. The van der Waals surface area contributed by atoms with Crippen molar-refractivity contribution in [1.29, 1.82) is 0 Å². The minimum absolute atomic E-state index is 0.637. The summed E-state index contributed by atoms with van der Waals surface area (Å²) in [4.78, 5) is 14.4. The summed E-state index contributed by atoms with van der Waals surface area (Å²) in [5.41, 5.74) is 4.79. The molecule has 0 amide bonds. The average molecular weight is 460 g/mol. The Morgan fingerprint density at radius 2 is 1.67 bits per heavy atom. The Morgan fingerprint density at radius 3 is 2.13 bits per heavy atom. The molecule has 164 valence electrons. The van der Waals surface area contributed by atoms with Crippen molar-refractivity contribution in [2.75, 3.05) is 0 Å². The molecule has 2 atom stereocenters. The number of ether oxygens (including phenoxy) is 1. The van der Waals surface area contributed by atoms with Gasteiger partial charge in [-0.15, -0.1) is 0 Å². The highest BCUT2D eigenvalue weighted by atomic mass is 35.5. The highest BCUT2D eigenvalue weighted by Crippen LogP contribution is 2.60.